The van der Waals surface area contributed by atoms with E-state index in [2.05, 4.69) is 5.32 Å². The second-order valence-electron chi connectivity index (χ2n) is 3.93. The summed E-state index contributed by atoms with van der Waals surface area (Å²) in [5.74, 6) is 0.423. The van der Waals surface area contributed by atoms with Crippen LogP contribution in [0.2, 0.25) is 0 Å². The number of alkyl halides is 3. The van der Waals surface area contributed by atoms with Crippen molar-refractivity contribution in [1.82, 2.24) is 0 Å². The molecule has 3 nitrogen and oxygen atoms in total. The summed E-state index contributed by atoms with van der Waals surface area (Å²) < 4.78 is 49.1. The van der Waals surface area contributed by atoms with Crippen molar-refractivity contribution < 1.29 is 17.4 Å². The minimum Gasteiger partial charge on any atom is -0.384 e. The average Bonchev–Trinajstić information content (AvgIpc) is 2.32. The van der Waals surface area contributed by atoms with Gasteiger partial charge in [0, 0.05) is 35.0 Å². The van der Waals surface area contributed by atoms with Gasteiger partial charge in [0.25, 0.3) is 0 Å². The Hall–Kier alpha value is -1.55. The fourth-order valence-electron chi connectivity index (χ4n) is 1.51. The van der Waals surface area contributed by atoms with Gasteiger partial charge >= 0.3 is 6.18 Å². The van der Waals surface area contributed by atoms with E-state index in [1.165, 1.54) is 12.3 Å². The van der Waals surface area contributed by atoms with Crippen molar-refractivity contribution in [1.29, 1.82) is 5.26 Å². The fraction of sp³-hybridized carbons (Fsp3) is 0.417. The zero-order valence-electron chi connectivity index (χ0n) is 10.3. The van der Waals surface area contributed by atoms with Gasteiger partial charge < -0.3 is 5.32 Å². The van der Waals surface area contributed by atoms with E-state index in [0.717, 1.165) is 12.1 Å². The molecule has 0 radical (unpaired) electrons. The topological polar surface area (TPSA) is 52.9 Å². The van der Waals surface area contributed by atoms with Gasteiger partial charge in [0.05, 0.1) is 17.2 Å². The molecule has 0 aliphatic rings. The lowest BCUT2D eigenvalue weighted by Gasteiger charge is -2.14. The van der Waals surface area contributed by atoms with E-state index in [9.17, 15) is 17.4 Å². The van der Waals surface area contributed by atoms with Crippen LogP contribution in [0.4, 0.5) is 18.9 Å². The van der Waals surface area contributed by atoms with Gasteiger partial charge in [-0.1, -0.05) is 0 Å². The maximum atomic E-state index is 12.7. The lowest BCUT2D eigenvalue weighted by molar-refractivity contribution is -0.136. The van der Waals surface area contributed by atoms with Gasteiger partial charge in [0.2, 0.25) is 0 Å². The minimum absolute atomic E-state index is 0.117. The predicted octanol–water partition coefficient (Wildman–Crippen LogP) is 2.76. The molecule has 0 saturated heterocycles. The highest BCUT2D eigenvalue weighted by molar-refractivity contribution is 7.84. The van der Waals surface area contributed by atoms with Gasteiger partial charge in [0.15, 0.2) is 0 Å². The summed E-state index contributed by atoms with van der Waals surface area (Å²) in [6.45, 7) is 0.275. The van der Waals surface area contributed by atoms with E-state index in [4.69, 9.17) is 5.26 Å². The molecular weight excluding hydrogens is 277 g/mol. The quantitative estimate of drug-likeness (QED) is 0.848. The first kappa shape index (κ1) is 15.5. The molecule has 0 spiro atoms. The Labute approximate surface area is 111 Å². The molecule has 0 aliphatic heterocycles. The van der Waals surface area contributed by atoms with Crippen molar-refractivity contribution in [3.63, 3.8) is 0 Å². The molecule has 0 aliphatic carbocycles. The summed E-state index contributed by atoms with van der Waals surface area (Å²) in [5, 5.41) is 11.3. The zero-order chi connectivity index (χ0) is 14.5. The summed E-state index contributed by atoms with van der Waals surface area (Å²) in [6, 6.07) is 4.99. The first-order valence-electron chi connectivity index (χ1n) is 5.50. The molecule has 0 aromatic heterocycles. The van der Waals surface area contributed by atoms with Crippen molar-refractivity contribution in [3.8, 4) is 6.07 Å². The molecular formula is C12H13F3N2OS. The highest BCUT2D eigenvalue weighted by Gasteiger charge is 2.33. The molecule has 1 atom stereocenters. The van der Waals surface area contributed by atoms with Crippen LogP contribution in [0.1, 0.15) is 17.5 Å². The van der Waals surface area contributed by atoms with E-state index in [0.29, 0.717) is 12.2 Å². The van der Waals surface area contributed by atoms with Crippen molar-refractivity contribution in [2.75, 3.05) is 23.9 Å². The molecule has 0 amide bonds. The molecule has 0 unspecified atom stereocenters. The Balaban J connectivity index is 2.84. The van der Waals surface area contributed by atoms with Gasteiger partial charge in [0.1, 0.15) is 0 Å². The Kier molecular flexibility index (Phi) is 5.36. The van der Waals surface area contributed by atoms with E-state index in [-0.39, 0.29) is 17.8 Å². The Bertz CT molecular complexity index is 509. The first-order chi connectivity index (χ1) is 8.84. The first-order valence-corrected chi connectivity index (χ1v) is 7.22. The number of nitrogens with one attached hydrogen (secondary N) is 1. The second kappa shape index (κ2) is 6.57. The molecule has 0 fully saturated rings. The minimum atomic E-state index is -4.47. The highest BCUT2D eigenvalue weighted by atomic mass is 32.2. The number of anilines is 1. The van der Waals surface area contributed by atoms with Gasteiger partial charge in [-0.15, -0.1) is 0 Å². The number of hydrogen-bond donors (Lipinski definition) is 1. The summed E-state index contributed by atoms with van der Waals surface area (Å²) in [6.07, 6.45) is -2.43. The van der Waals surface area contributed by atoms with Crippen LogP contribution in [0, 0.1) is 11.3 Å². The van der Waals surface area contributed by atoms with E-state index >= 15 is 0 Å². The second-order valence-corrected chi connectivity index (χ2v) is 5.48. The predicted molar refractivity (Wildman–Crippen MR) is 68.2 cm³/mol. The largest absolute Gasteiger partial charge is 0.418 e. The van der Waals surface area contributed by atoms with Crippen LogP contribution in [-0.2, 0) is 17.0 Å². The third kappa shape index (κ3) is 4.91. The van der Waals surface area contributed by atoms with Gasteiger partial charge in [-0.25, -0.2) is 0 Å². The van der Waals surface area contributed by atoms with Crippen LogP contribution in [-0.4, -0.2) is 22.8 Å². The summed E-state index contributed by atoms with van der Waals surface area (Å²) in [5.41, 5.74) is -0.757. The summed E-state index contributed by atoms with van der Waals surface area (Å²) in [4.78, 5) is 0. The van der Waals surface area contributed by atoms with E-state index in [1.54, 1.807) is 6.07 Å². The normalized spacial score (nSPS) is 12.8. The zero-order valence-corrected chi connectivity index (χ0v) is 11.1. The lowest BCUT2D eigenvalue weighted by atomic mass is 10.1. The molecule has 1 rings (SSSR count). The molecule has 7 heteroatoms. The molecule has 0 bridgehead atoms. The maximum absolute atomic E-state index is 12.7. The lowest BCUT2D eigenvalue weighted by Crippen LogP contribution is -2.13. The van der Waals surface area contributed by atoms with Crippen molar-refractivity contribution >= 4 is 16.5 Å². The Morgan fingerprint density at radius 2 is 2.11 bits per heavy atom. The third-order valence-corrected chi connectivity index (χ3v) is 3.24. The number of benzene rings is 1. The Morgan fingerprint density at radius 3 is 2.63 bits per heavy atom. The number of nitriles is 1. The average molecular weight is 290 g/mol. The molecule has 0 heterocycles. The van der Waals surface area contributed by atoms with Gasteiger partial charge in [-0.2, -0.15) is 18.4 Å². The number of hydrogen-bond acceptors (Lipinski definition) is 3. The smallest absolute Gasteiger partial charge is 0.384 e. The van der Waals surface area contributed by atoms with E-state index in [1.807, 2.05) is 0 Å². The fourth-order valence-corrected chi connectivity index (χ4v) is 2.06. The molecule has 104 valence electrons. The van der Waals surface area contributed by atoms with Crippen molar-refractivity contribution in [2.45, 2.75) is 12.6 Å². The molecule has 1 aromatic rings. The maximum Gasteiger partial charge on any atom is 0.418 e. The Morgan fingerprint density at radius 1 is 1.42 bits per heavy atom. The highest BCUT2D eigenvalue weighted by Crippen LogP contribution is 2.35. The van der Waals surface area contributed by atoms with Crippen LogP contribution in [0.25, 0.3) is 0 Å². The molecule has 1 N–H and O–H groups in total. The monoisotopic (exact) mass is 290 g/mol. The van der Waals surface area contributed by atoms with Crippen LogP contribution in [0.5, 0.6) is 0 Å². The van der Waals surface area contributed by atoms with Crippen molar-refractivity contribution in [3.05, 3.63) is 29.3 Å². The summed E-state index contributed by atoms with van der Waals surface area (Å²) in [7, 11) is -0.966. The number of nitrogens with zero attached hydrogens (tertiary/aromatic N) is 1. The number of rotatable bonds is 5. The molecule has 0 saturated carbocycles. The van der Waals surface area contributed by atoms with Crippen LogP contribution >= 0.6 is 0 Å². The third-order valence-electron chi connectivity index (χ3n) is 2.38. The van der Waals surface area contributed by atoms with Gasteiger partial charge in [-0.3, -0.25) is 4.21 Å². The number of halogens is 3. The molecule has 1 aromatic carbocycles. The van der Waals surface area contributed by atoms with Crippen LogP contribution < -0.4 is 5.32 Å². The van der Waals surface area contributed by atoms with Gasteiger partial charge in [-0.05, 0) is 24.6 Å². The van der Waals surface area contributed by atoms with E-state index < -0.39 is 22.5 Å². The SMILES string of the molecule is C[S@](=O)CCCNc1cc(C#N)ccc1C(F)(F)F. The standard InChI is InChI=1S/C12H13F3N2OS/c1-19(18)6-2-5-17-11-7-9(8-16)3-4-10(11)12(13,14)15/h3-4,7,17H,2,5-6H2,1H3/t19-/m0/s1. The summed E-state index contributed by atoms with van der Waals surface area (Å²) >= 11 is 0. The van der Waals surface area contributed by atoms with Crippen LogP contribution in [0.15, 0.2) is 18.2 Å². The molecule has 19 heavy (non-hydrogen) atoms. The van der Waals surface area contributed by atoms with Crippen LogP contribution in [0.3, 0.4) is 0 Å². The van der Waals surface area contributed by atoms with Crippen molar-refractivity contribution in [2.24, 2.45) is 0 Å².